The van der Waals surface area contributed by atoms with Crippen molar-refractivity contribution >= 4 is 17.2 Å². The zero-order chi connectivity index (χ0) is 17.0. The highest BCUT2D eigenvalue weighted by Gasteiger charge is 2.24. The first-order chi connectivity index (χ1) is 10.8. The summed E-state index contributed by atoms with van der Waals surface area (Å²) < 4.78 is 0. The highest BCUT2D eigenvalue weighted by Crippen LogP contribution is 2.16. The largest absolute Gasteiger partial charge is 0.392 e. The van der Waals surface area contributed by atoms with Crippen molar-refractivity contribution in [3.05, 3.63) is 16.1 Å². The molecule has 1 N–H and O–H groups in total. The van der Waals surface area contributed by atoms with Gasteiger partial charge in [0, 0.05) is 58.2 Å². The van der Waals surface area contributed by atoms with Crippen molar-refractivity contribution in [1.82, 2.24) is 19.7 Å². The second kappa shape index (κ2) is 8.19. The van der Waals surface area contributed by atoms with E-state index in [0.29, 0.717) is 12.5 Å². The maximum atomic E-state index is 11.7. The molecule has 1 aromatic heterocycles. The molecule has 0 saturated carbocycles. The lowest BCUT2D eigenvalue weighted by molar-refractivity contribution is -0.127. The molecule has 2 atom stereocenters. The van der Waals surface area contributed by atoms with Crippen LogP contribution in [-0.4, -0.2) is 83.1 Å². The minimum Gasteiger partial charge on any atom is -0.392 e. The monoisotopic (exact) mass is 340 g/mol. The molecule has 130 valence electrons. The third-order valence-corrected chi connectivity index (χ3v) is 5.03. The summed E-state index contributed by atoms with van der Waals surface area (Å²) in [5.74, 6) is 0.0891. The number of likely N-dealkylation sites (N-methyl/N-ethyl adjacent to an activating group) is 1. The quantitative estimate of drug-likeness (QED) is 0.824. The number of aromatic nitrogens is 1. The zero-order valence-electron chi connectivity index (χ0n) is 14.5. The van der Waals surface area contributed by atoms with Gasteiger partial charge < -0.3 is 10.0 Å². The van der Waals surface area contributed by atoms with Gasteiger partial charge in [-0.3, -0.25) is 14.6 Å². The number of thiazole rings is 1. The van der Waals surface area contributed by atoms with Gasteiger partial charge in [0.25, 0.3) is 0 Å². The molecule has 0 unspecified atom stereocenters. The molecule has 1 saturated heterocycles. The maximum Gasteiger partial charge on any atom is 0.228 e. The Morgan fingerprint density at radius 2 is 2.26 bits per heavy atom. The van der Waals surface area contributed by atoms with Crippen LogP contribution in [0, 0.1) is 0 Å². The van der Waals surface area contributed by atoms with E-state index in [0.717, 1.165) is 43.4 Å². The summed E-state index contributed by atoms with van der Waals surface area (Å²) in [6, 6.07) is 0.437. The summed E-state index contributed by atoms with van der Waals surface area (Å²) in [6.45, 7) is 8.56. The van der Waals surface area contributed by atoms with E-state index >= 15 is 0 Å². The van der Waals surface area contributed by atoms with Crippen LogP contribution in [0.25, 0.3) is 0 Å². The number of hydrogen-bond donors (Lipinski definition) is 1. The number of carbonyl (C=O) groups excluding carboxylic acids is 1. The smallest absolute Gasteiger partial charge is 0.228 e. The number of nitrogens with zero attached hydrogens (tertiary/aromatic N) is 4. The van der Waals surface area contributed by atoms with Crippen LogP contribution < -0.4 is 0 Å². The van der Waals surface area contributed by atoms with E-state index in [9.17, 15) is 9.90 Å². The molecule has 1 aromatic rings. The third-order valence-electron chi connectivity index (χ3n) is 4.13. The molecule has 1 amide bonds. The van der Waals surface area contributed by atoms with Gasteiger partial charge in [0.05, 0.1) is 18.2 Å². The number of rotatable bonds is 6. The number of carbonyl (C=O) groups is 1. The predicted molar refractivity (Wildman–Crippen MR) is 92.5 cm³/mol. The first-order valence-electron chi connectivity index (χ1n) is 8.13. The van der Waals surface area contributed by atoms with Crippen LogP contribution in [0.4, 0.5) is 0 Å². The molecule has 1 aliphatic heterocycles. The molecule has 7 heteroatoms. The number of hydrogen-bond acceptors (Lipinski definition) is 6. The third kappa shape index (κ3) is 5.53. The van der Waals surface area contributed by atoms with Crippen molar-refractivity contribution in [2.45, 2.75) is 39.0 Å². The molecule has 2 heterocycles. The molecule has 0 bridgehead atoms. The lowest BCUT2D eigenvalue weighted by Crippen LogP contribution is -2.53. The summed E-state index contributed by atoms with van der Waals surface area (Å²) in [6.07, 6.45) is 0.107. The molecular formula is C16H28N4O2S. The Balaban J connectivity index is 1.84. The van der Waals surface area contributed by atoms with Crippen molar-refractivity contribution in [2.24, 2.45) is 0 Å². The topological polar surface area (TPSA) is 59.9 Å². The van der Waals surface area contributed by atoms with Crippen LogP contribution in [0.2, 0.25) is 0 Å². The SMILES string of the molecule is C[C@@H](O)CN1CCN(Cc2csc(CC(=O)N(C)C)n2)C[C@@H]1C. The normalized spacial score (nSPS) is 21.3. The van der Waals surface area contributed by atoms with E-state index in [2.05, 4.69) is 27.1 Å². The molecule has 0 spiro atoms. The van der Waals surface area contributed by atoms with Gasteiger partial charge in [0.15, 0.2) is 0 Å². The molecular weight excluding hydrogens is 312 g/mol. The number of aliphatic hydroxyl groups excluding tert-OH is 1. The Morgan fingerprint density at radius 1 is 1.52 bits per heavy atom. The fourth-order valence-corrected chi connectivity index (χ4v) is 3.62. The number of piperazine rings is 1. The van der Waals surface area contributed by atoms with Crippen LogP contribution in [0.1, 0.15) is 24.5 Å². The second-order valence-electron chi connectivity index (χ2n) is 6.63. The van der Waals surface area contributed by atoms with Gasteiger partial charge in [-0.25, -0.2) is 4.98 Å². The standard InChI is InChI=1S/C16H28N4O2S/c1-12-8-19(5-6-20(12)9-13(2)21)10-14-11-23-15(17-14)7-16(22)18(3)4/h11-13,21H,5-10H2,1-4H3/t12-,13+/m0/s1. The van der Waals surface area contributed by atoms with Gasteiger partial charge in [0.1, 0.15) is 5.01 Å². The van der Waals surface area contributed by atoms with Crippen LogP contribution in [0.5, 0.6) is 0 Å². The maximum absolute atomic E-state index is 11.7. The Hall–Kier alpha value is -1.02. The Labute approximate surface area is 142 Å². The number of amides is 1. The van der Waals surface area contributed by atoms with E-state index in [-0.39, 0.29) is 12.0 Å². The lowest BCUT2D eigenvalue weighted by Gasteiger charge is -2.40. The van der Waals surface area contributed by atoms with E-state index in [4.69, 9.17) is 0 Å². The first kappa shape index (κ1) is 18.3. The molecule has 0 aliphatic carbocycles. The highest BCUT2D eigenvalue weighted by molar-refractivity contribution is 7.09. The molecule has 23 heavy (non-hydrogen) atoms. The molecule has 1 fully saturated rings. The number of aliphatic hydroxyl groups is 1. The lowest BCUT2D eigenvalue weighted by atomic mass is 10.1. The molecule has 1 aliphatic rings. The highest BCUT2D eigenvalue weighted by atomic mass is 32.1. The average Bonchev–Trinajstić information content (AvgIpc) is 2.88. The van der Waals surface area contributed by atoms with E-state index in [1.54, 1.807) is 30.3 Å². The summed E-state index contributed by atoms with van der Waals surface area (Å²) in [7, 11) is 3.54. The zero-order valence-corrected chi connectivity index (χ0v) is 15.3. The van der Waals surface area contributed by atoms with Crippen molar-refractivity contribution in [3.63, 3.8) is 0 Å². The summed E-state index contributed by atoms with van der Waals surface area (Å²) in [4.78, 5) is 22.7. The molecule has 6 nitrogen and oxygen atoms in total. The Bertz CT molecular complexity index is 518. The molecule has 2 rings (SSSR count). The van der Waals surface area contributed by atoms with Gasteiger partial charge in [-0.1, -0.05) is 0 Å². The van der Waals surface area contributed by atoms with Crippen molar-refractivity contribution < 1.29 is 9.90 Å². The Kier molecular flexibility index (Phi) is 6.52. The van der Waals surface area contributed by atoms with E-state index in [1.807, 2.05) is 6.92 Å². The average molecular weight is 340 g/mol. The van der Waals surface area contributed by atoms with Crippen molar-refractivity contribution in [2.75, 3.05) is 40.3 Å². The summed E-state index contributed by atoms with van der Waals surface area (Å²) in [5.41, 5.74) is 1.05. The fourth-order valence-electron chi connectivity index (χ4n) is 2.84. The van der Waals surface area contributed by atoms with Gasteiger partial charge in [-0.2, -0.15) is 0 Å². The molecule has 0 aromatic carbocycles. The second-order valence-corrected chi connectivity index (χ2v) is 7.57. The fraction of sp³-hybridized carbons (Fsp3) is 0.750. The summed E-state index contributed by atoms with van der Waals surface area (Å²) in [5, 5.41) is 12.5. The number of β-amino-alcohol motifs (C(OH)–C–C–N with tert-alkyl or cyclic N) is 1. The van der Waals surface area contributed by atoms with Crippen LogP contribution >= 0.6 is 11.3 Å². The first-order valence-corrected chi connectivity index (χ1v) is 9.01. The van der Waals surface area contributed by atoms with Crippen LogP contribution in [0.15, 0.2) is 5.38 Å². The van der Waals surface area contributed by atoms with Gasteiger partial charge in [-0.05, 0) is 13.8 Å². The van der Waals surface area contributed by atoms with Crippen molar-refractivity contribution in [1.29, 1.82) is 0 Å². The van der Waals surface area contributed by atoms with Crippen molar-refractivity contribution in [3.8, 4) is 0 Å². The minimum absolute atomic E-state index is 0.0891. The van der Waals surface area contributed by atoms with E-state index < -0.39 is 0 Å². The van der Waals surface area contributed by atoms with Gasteiger partial charge in [-0.15, -0.1) is 11.3 Å². The molecule has 0 radical (unpaired) electrons. The van der Waals surface area contributed by atoms with Gasteiger partial charge in [0.2, 0.25) is 5.91 Å². The van der Waals surface area contributed by atoms with Crippen LogP contribution in [-0.2, 0) is 17.8 Å². The van der Waals surface area contributed by atoms with Crippen LogP contribution in [0.3, 0.4) is 0 Å². The van der Waals surface area contributed by atoms with Gasteiger partial charge >= 0.3 is 0 Å². The van der Waals surface area contributed by atoms with E-state index in [1.165, 1.54) is 0 Å². The minimum atomic E-state index is -0.278. The summed E-state index contributed by atoms with van der Waals surface area (Å²) >= 11 is 1.56. The Morgan fingerprint density at radius 3 is 2.87 bits per heavy atom. The predicted octanol–water partition coefficient (Wildman–Crippen LogP) is 0.661.